The molecule has 0 radical (unpaired) electrons. The molecule has 1 atom stereocenters. The topological polar surface area (TPSA) is 98.7 Å². The Balaban J connectivity index is 2.36. The fourth-order valence-corrected chi connectivity index (χ4v) is 2.24. The van der Waals surface area contributed by atoms with Crippen LogP contribution in [-0.2, 0) is 10.2 Å². The van der Waals surface area contributed by atoms with Gasteiger partial charge in [-0.1, -0.05) is 19.9 Å². The van der Waals surface area contributed by atoms with Gasteiger partial charge in [-0.15, -0.1) is 11.3 Å². The number of nitrogens with one attached hydrogen (secondary N) is 2. The number of urea groups is 1. The third-order valence-electron chi connectivity index (χ3n) is 2.62. The van der Waals surface area contributed by atoms with Crippen molar-refractivity contribution in [3.63, 3.8) is 0 Å². The SMILES string of the molecule is CC(C)(CNC(=O)NC[C@H](O)C(=O)O)c1cccs1. The second-order valence-electron chi connectivity index (χ2n) is 4.78. The minimum absolute atomic E-state index is 0.197. The van der Waals surface area contributed by atoms with E-state index < -0.39 is 18.1 Å². The minimum atomic E-state index is -1.59. The molecule has 1 rings (SSSR count). The molecule has 6 nitrogen and oxygen atoms in total. The van der Waals surface area contributed by atoms with Crippen molar-refractivity contribution >= 4 is 23.3 Å². The highest BCUT2D eigenvalue weighted by atomic mass is 32.1. The van der Waals surface area contributed by atoms with Gasteiger partial charge >= 0.3 is 12.0 Å². The molecule has 19 heavy (non-hydrogen) atoms. The Hall–Kier alpha value is -1.60. The zero-order chi connectivity index (χ0) is 14.5. The van der Waals surface area contributed by atoms with E-state index in [4.69, 9.17) is 10.2 Å². The smallest absolute Gasteiger partial charge is 0.334 e. The van der Waals surface area contributed by atoms with E-state index in [0.29, 0.717) is 6.54 Å². The second-order valence-corrected chi connectivity index (χ2v) is 5.73. The van der Waals surface area contributed by atoms with Crippen molar-refractivity contribution in [1.29, 1.82) is 0 Å². The highest BCUT2D eigenvalue weighted by Gasteiger charge is 2.22. The number of hydrogen-bond acceptors (Lipinski definition) is 4. The van der Waals surface area contributed by atoms with Crippen molar-refractivity contribution in [2.75, 3.05) is 13.1 Å². The molecule has 0 saturated heterocycles. The van der Waals surface area contributed by atoms with Crippen LogP contribution in [0.15, 0.2) is 17.5 Å². The molecule has 0 aliphatic heterocycles. The molecule has 0 aliphatic rings. The molecule has 0 aliphatic carbocycles. The number of rotatable bonds is 6. The van der Waals surface area contributed by atoms with Gasteiger partial charge in [0.15, 0.2) is 6.10 Å². The second kappa shape index (κ2) is 6.53. The number of aliphatic hydroxyl groups excluding tert-OH is 1. The summed E-state index contributed by atoms with van der Waals surface area (Å²) in [4.78, 5) is 23.0. The van der Waals surface area contributed by atoms with E-state index in [1.54, 1.807) is 11.3 Å². The fraction of sp³-hybridized carbons (Fsp3) is 0.500. The molecule has 4 N–H and O–H groups in total. The fourth-order valence-electron chi connectivity index (χ4n) is 1.39. The molecule has 0 spiro atoms. The lowest BCUT2D eigenvalue weighted by atomic mass is 9.91. The van der Waals surface area contributed by atoms with Gasteiger partial charge in [0.25, 0.3) is 0 Å². The van der Waals surface area contributed by atoms with Crippen LogP contribution < -0.4 is 10.6 Å². The van der Waals surface area contributed by atoms with Gasteiger partial charge in [0.1, 0.15) is 0 Å². The lowest BCUT2D eigenvalue weighted by molar-refractivity contribution is -0.146. The number of thiophene rings is 1. The maximum Gasteiger partial charge on any atom is 0.334 e. The van der Waals surface area contributed by atoms with Crippen molar-refractivity contribution in [1.82, 2.24) is 10.6 Å². The predicted octanol–water partition coefficient (Wildman–Crippen LogP) is 0.770. The van der Waals surface area contributed by atoms with Crippen molar-refractivity contribution in [2.24, 2.45) is 0 Å². The number of aliphatic hydroxyl groups is 1. The maximum atomic E-state index is 11.5. The molecule has 106 valence electrons. The van der Waals surface area contributed by atoms with E-state index in [9.17, 15) is 9.59 Å². The number of carboxylic acid groups (broad SMARTS) is 1. The van der Waals surface area contributed by atoms with Crippen molar-refractivity contribution in [3.05, 3.63) is 22.4 Å². The summed E-state index contributed by atoms with van der Waals surface area (Å²) in [5.74, 6) is -1.36. The largest absolute Gasteiger partial charge is 0.479 e. The number of carbonyl (C=O) groups is 2. The minimum Gasteiger partial charge on any atom is -0.479 e. The van der Waals surface area contributed by atoms with Gasteiger partial charge in [0, 0.05) is 16.8 Å². The Kier molecular flexibility index (Phi) is 5.31. The lowest BCUT2D eigenvalue weighted by Gasteiger charge is -2.23. The Labute approximate surface area is 115 Å². The first kappa shape index (κ1) is 15.5. The normalized spacial score (nSPS) is 12.8. The van der Waals surface area contributed by atoms with Crippen LogP contribution in [0.5, 0.6) is 0 Å². The number of carboxylic acids is 1. The molecule has 0 bridgehead atoms. The molecule has 2 amide bonds. The molecular formula is C12H18N2O4S. The third kappa shape index (κ3) is 4.88. The van der Waals surface area contributed by atoms with Crippen LogP contribution in [0.25, 0.3) is 0 Å². The highest BCUT2D eigenvalue weighted by molar-refractivity contribution is 7.10. The van der Waals surface area contributed by atoms with Crippen molar-refractivity contribution < 1.29 is 19.8 Å². The standard InChI is InChI=1S/C12H18N2O4S/c1-12(2,9-4-3-5-19-9)7-14-11(18)13-6-8(15)10(16)17/h3-5,8,15H,6-7H2,1-2H3,(H,16,17)(H2,13,14,18)/t8-/m0/s1. The van der Waals surface area contributed by atoms with E-state index in [-0.39, 0.29) is 12.0 Å². The van der Waals surface area contributed by atoms with E-state index in [1.807, 2.05) is 31.4 Å². The quantitative estimate of drug-likeness (QED) is 0.621. The first-order valence-corrected chi connectivity index (χ1v) is 6.67. The lowest BCUT2D eigenvalue weighted by Crippen LogP contribution is -2.45. The highest BCUT2D eigenvalue weighted by Crippen LogP contribution is 2.26. The van der Waals surface area contributed by atoms with Gasteiger partial charge in [0.05, 0.1) is 6.54 Å². The first-order chi connectivity index (χ1) is 8.83. The summed E-state index contributed by atoms with van der Waals surface area (Å²) in [6.45, 7) is 4.11. The van der Waals surface area contributed by atoms with Gasteiger partial charge in [0.2, 0.25) is 0 Å². The summed E-state index contributed by atoms with van der Waals surface area (Å²) in [7, 11) is 0. The predicted molar refractivity (Wildman–Crippen MR) is 72.4 cm³/mol. The van der Waals surface area contributed by atoms with Gasteiger partial charge in [-0.2, -0.15) is 0 Å². The van der Waals surface area contributed by atoms with Crippen LogP contribution in [0.3, 0.4) is 0 Å². The molecule has 1 aromatic heterocycles. The Bertz CT molecular complexity index is 431. The van der Waals surface area contributed by atoms with Crippen LogP contribution in [0.1, 0.15) is 18.7 Å². The zero-order valence-electron chi connectivity index (χ0n) is 10.8. The summed E-state index contributed by atoms with van der Waals surface area (Å²) < 4.78 is 0. The maximum absolute atomic E-state index is 11.5. The average molecular weight is 286 g/mol. The molecule has 0 aromatic carbocycles. The molecule has 0 fully saturated rings. The zero-order valence-corrected chi connectivity index (χ0v) is 11.7. The van der Waals surface area contributed by atoms with E-state index >= 15 is 0 Å². The monoisotopic (exact) mass is 286 g/mol. The molecule has 1 aromatic rings. The Morgan fingerprint density at radius 1 is 1.42 bits per heavy atom. The van der Waals surface area contributed by atoms with E-state index in [0.717, 1.165) is 4.88 Å². The molecule has 1 heterocycles. The number of amides is 2. The third-order valence-corrected chi connectivity index (χ3v) is 3.86. The number of aliphatic carboxylic acids is 1. The van der Waals surface area contributed by atoms with E-state index in [1.165, 1.54) is 0 Å². The summed E-state index contributed by atoms with van der Waals surface area (Å²) in [6.07, 6.45) is -1.59. The van der Waals surface area contributed by atoms with Crippen molar-refractivity contribution in [3.8, 4) is 0 Å². The average Bonchev–Trinajstić information content (AvgIpc) is 2.87. The van der Waals surface area contributed by atoms with Crippen molar-refractivity contribution in [2.45, 2.75) is 25.4 Å². The first-order valence-electron chi connectivity index (χ1n) is 5.79. The van der Waals surface area contributed by atoms with E-state index in [2.05, 4.69) is 10.6 Å². The molecule has 0 saturated carbocycles. The molecule has 7 heteroatoms. The summed E-state index contributed by atoms with van der Waals surface area (Å²) in [5.41, 5.74) is -0.197. The van der Waals surface area contributed by atoms with Gasteiger partial charge in [-0.25, -0.2) is 9.59 Å². The van der Waals surface area contributed by atoms with Gasteiger partial charge in [-0.3, -0.25) is 0 Å². The van der Waals surface area contributed by atoms with Gasteiger partial charge < -0.3 is 20.8 Å². The number of carbonyl (C=O) groups excluding carboxylic acids is 1. The van der Waals surface area contributed by atoms with Crippen LogP contribution in [0.4, 0.5) is 4.79 Å². The Morgan fingerprint density at radius 2 is 2.11 bits per heavy atom. The molecule has 0 unspecified atom stereocenters. The summed E-state index contributed by atoms with van der Waals surface area (Å²) in [6, 6.07) is 3.45. The summed E-state index contributed by atoms with van der Waals surface area (Å²) >= 11 is 1.61. The van der Waals surface area contributed by atoms with Crippen LogP contribution in [-0.4, -0.2) is 41.4 Å². The van der Waals surface area contributed by atoms with Gasteiger partial charge in [-0.05, 0) is 11.4 Å². The van der Waals surface area contributed by atoms with Crippen LogP contribution >= 0.6 is 11.3 Å². The van der Waals surface area contributed by atoms with Crippen LogP contribution in [0.2, 0.25) is 0 Å². The Morgan fingerprint density at radius 3 is 2.63 bits per heavy atom. The summed E-state index contributed by atoms with van der Waals surface area (Å²) in [5, 5.41) is 24.4. The number of hydrogen-bond donors (Lipinski definition) is 4. The van der Waals surface area contributed by atoms with Crippen LogP contribution in [0, 0.1) is 0 Å². The molecular weight excluding hydrogens is 268 g/mol.